The van der Waals surface area contributed by atoms with E-state index in [9.17, 15) is 14.3 Å². The normalized spacial score (nSPS) is 10.3. The molecule has 0 aliphatic carbocycles. The number of pyridine rings is 1. The van der Waals surface area contributed by atoms with Gasteiger partial charge in [-0.05, 0) is 23.8 Å². The van der Waals surface area contributed by atoms with E-state index in [4.69, 9.17) is 0 Å². The first-order valence-corrected chi connectivity index (χ1v) is 6.19. The van der Waals surface area contributed by atoms with Gasteiger partial charge >= 0.3 is 0 Å². The number of thioether (sulfide) groups is 1. The molecule has 0 bridgehead atoms. The maximum atomic E-state index is 13.4. The summed E-state index contributed by atoms with van der Waals surface area (Å²) >= 11 is 1.17. The third-order valence-corrected chi connectivity index (χ3v) is 3.37. The van der Waals surface area contributed by atoms with Gasteiger partial charge in [0, 0.05) is 17.5 Å². The molecule has 0 N–H and O–H groups in total. The van der Waals surface area contributed by atoms with Crippen molar-refractivity contribution < 1.29 is 14.3 Å². The minimum atomic E-state index is -1.28. The highest BCUT2D eigenvalue weighted by atomic mass is 32.2. The maximum Gasteiger partial charge on any atom is 0.127 e. The molecule has 0 unspecified atom stereocenters. The molecule has 1 aromatic carbocycles. The van der Waals surface area contributed by atoms with Gasteiger partial charge in [-0.3, -0.25) is 0 Å². The Morgan fingerprint density at radius 2 is 2.06 bits per heavy atom. The number of rotatable bonds is 4. The van der Waals surface area contributed by atoms with Gasteiger partial charge in [0.25, 0.3) is 0 Å². The molecule has 1 heterocycles. The Morgan fingerprint density at radius 3 is 2.78 bits per heavy atom. The SMILES string of the molecule is O=C([O-])c1cccnc1SCc1ccccc1F. The van der Waals surface area contributed by atoms with Gasteiger partial charge in [0.15, 0.2) is 0 Å². The lowest BCUT2D eigenvalue weighted by Crippen LogP contribution is -2.23. The molecular weight excluding hydrogens is 253 g/mol. The van der Waals surface area contributed by atoms with Crippen molar-refractivity contribution in [2.75, 3.05) is 0 Å². The van der Waals surface area contributed by atoms with Crippen LogP contribution in [0.3, 0.4) is 0 Å². The van der Waals surface area contributed by atoms with Gasteiger partial charge in [0.1, 0.15) is 10.8 Å². The Hall–Kier alpha value is -1.88. The first-order chi connectivity index (χ1) is 8.68. The van der Waals surface area contributed by atoms with E-state index >= 15 is 0 Å². The van der Waals surface area contributed by atoms with E-state index in [-0.39, 0.29) is 11.4 Å². The molecule has 5 heteroatoms. The highest BCUT2D eigenvalue weighted by Gasteiger charge is 2.07. The van der Waals surface area contributed by atoms with Gasteiger partial charge in [-0.25, -0.2) is 9.37 Å². The minimum Gasteiger partial charge on any atom is -0.545 e. The van der Waals surface area contributed by atoms with Gasteiger partial charge < -0.3 is 9.90 Å². The van der Waals surface area contributed by atoms with Crippen molar-refractivity contribution in [3.05, 3.63) is 59.5 Å². The number of aromatic carboxylic acids is 1. The van der Waals surface area contributed by atoms with Crippen LogP contribution in [0.5, 0.6) is 0 Å². The Bertz CT molecular complexity index is 574. The van der Waals surface area contributed by atoms with E-state index < -0.39 is 5.97 Å². The average molecular weight is 262 g/mol. The number of carboxylic acid groups (broad SMARTS) is 1. The third-order valence-electron chi connectivity index (χ3n) is 2.31. The number of benzene rings is 1. The second-order valence-corrected chi connectivity index (χ2v) is 4.49. The lowest BCUT2D eigenvalue weighted by molar-refractivity contribution is -0.255. The molecule has 0 aliphatic heterocycles. The van der Waals surface area contributed by atoms with Crippen LogP contribution in [0.4, 0.5) is 4.39 Å². The number of carboxylic acids is 1. The molecule has 0 saturated heterocycles. The van der Waals surface area contributed by atoms with E-state index in [1.165, 1.54) is 36.2 Å². The molecule has 0 amide bonds. The summed E-state index contributed by atoms with van der Waals surface area (Å²) in [5, 5.41) is 11.2. The van der Waals surface area contributed by atoms with E-state index in [0.29, 0.717) is 16.3 Å². The van der Waals surface area contributed by atoms with Crippen LogP contribution in [0.15, 0.2) is 47.6 Å². The van der Waals surface area contributed by atoms with Gasteiger partial charge in [-0.2, -0.15) is 0 Å². The topological polar surface area (TPSA) is 53.0 Å². The summed E-state index contributed by atoms with van der Waals surface area (Å²) in [6, 6.07) is 9.32. The number of nitrogens with zero attached hydrogens (tertiary/aromatic N) is 1. The van der Waals surface area contributed by atoms with Gasteiger partial charge in [0.05, 0.1) is 5.97 Å². The second kappa shape index (κ2) is 5.64. The van der Waals surface area contributed by atoms with Gasteiger partial charge in [-0.1, -0.05) is 18.2 Å². The van der Waals surface area contributed by atoms with Crippen molar-refractivity contribution in [2.24, 2.45) is 0 Å². The number of hydrogen-bond donors (Lipinski definition) is 0. The lowest BCUT2D eigenvalue weighted by Gasteiger charge is -2.08. The Balaban J connectivity index is 2.16. The molecule has 0 spiro atoms. The van der Waals surface area contributed by atoms with E-state index in [1.807, 2.05) is 0 Å². The summed E-state index contributed by atoms with van der Waals surface area (Å²) in [4.78, 5) is 14.8. The summed E-state index contributed by atoms with van der Waals surface area (Å²) in [5.41, 5.74) is 0.538. The molecule has 1 aromatic heterocycles. The van der Waals surface area contributed by atoms with Crippen molar-refractivity contribution in [2.45, 2.75) is 10.8 Å². The van der Waals surface area contributed by atoms with Crippen LogP contribution in [0, 0.1) is 5.82 Å². The molecule has 2 rings (SSSR count). The number of aromatic nitrogens is 1. The standard InChI is InChI=1S/C13H10FNO2S/c14-11-6-2-1-4-9(11)8-18-12-10(13(16)17)5-3-7-15-12/h1-7H,8H2,(H,16,17)/p-1. The van der Waals surface area contributed by atoms with Crippen LogP contribution in [0.25, 0.3) is 0 Å². The van der Waals surface area contributed by atoms with E-state index in [0.717, 1.165) is 0 Å². The molecule has 0 radical (unpaired) electrons. The van der Waals surface area contributed by atoms with E-state index in [2.05, 4.69) is 4.98 Å². The Kier molecular flexibility index (Phi) is 3.94. The maximum absolute atomic E-state index is 13.4. The van der Waals surface area contributed by atoms with Gasteiger partial charge in [-0.15, -0.1) is 11.8 Å². The smallest absolute Gasteiger partial charge is 0.127 e. The minimum absolute atomic E-state index is 0.0267. The zero-order valence-corrected chi connectivity index (χ0v) is 10.1. The van der Waals surface area contributed by atoms with Crippen molar-refractivity contribution in [3.8, 4) is 0 Å². The van der Waals surface area contributed by atoms with Crippen LogP contribution in [-0.4, -0.2) is 11.0 Å². The fourth-order valence-corrected chi connectivity index (χ4v) is 2.39. The summed E-state index contributed by atoms with van der Waals surface area (Å²) in [6.45, 7) is 0. The quantitative estimate of drug-likeness (QED) is 0.789. The summed E-state index contributed by atoms with van der Waals surface area (Å²) in [6.07, 6.45) is 1.50. The Morgan fingerprint density at radius 1 is 1.28 bits per heavy atom. The van der Waals surface area contributed by atoms with Crippen molar-refractivity contribution in [1.82, 2.24) is 4.98 Å². The van der Waals surface area contributed by atoms with Gasteiger partial charge in [0.2, 0.25) is 0 Å². The number of carbonyl (C=O) groups is 1. The van der Waals surface area contributed by atoms with Crippen LogP contribution >= 0.6 is 11.8 Å². The van der Waals surface area contributed by atoms with E-state index in [1.54, 1.807) is 18.2 Å². The molecule has 0 aliphatic rings. The largest absolute Gasteiger partial charge is 0.545 e. The monoisotopic (exact) mass is 262 g/mol. The van der Waals surface area contributed by atoms with Crippen molar-refractivity contribution >= 4 is 17.7 Å². The van der Waals surface area contributed by atoms with Crippen molar-refractivity contribution in [1.29, 1.82) is 0 Å². The number of carbonyl (C=O) groups excluding carboxylic acids is 1. The second-order valence-electron chi connectivity index (χ2n) is 3.52. The fraction of sp³-hybridized carbons (Fsp3) is 0.0769. The lowest BCUT2D eigenvalue weighted by atomic mass is 10.2. The molecular formula is C13H9FNO2S-. The predicted molar refractivity (Wildman–Crippen MR) is 64.5 cm³/mol. The molecule has 0 fully saturated rings. The molecule has 92 valence electrons. The van der Waals surface area contributed by atoms with Crippen LogP contribution in [0.2, 0.25) is 0 Å². The molecule has 3 nitrogen and oxygen atoms in total. The van der Waals surface area contributed by atoms with Crippen LogP contribution < -0.4 is 5.11 Å². The summed E-state index contributed by atoms with van der Waals surface area (Å²) in [7, 11) is 0. The average Bonchev–Trinajstić information content (AvgIpc) is 2.38. The van der Waals surface area contributed by atoms with Crippen molar-refractivity contribution in [3.63, 3.8) is 0 Å². The highest BCUT2D eigenvalue weighted by Crippen LogP contribution is 2.24. The fourth-order valence-electron chi connectivity index (χ4n) is 1.42. The number of hydrogen-bond acceptors (Lipinski definition) is 4. The first-order valence-electron chi connectivity index (χ1n) is 5.21. The first kappa shape index (κ1) is 12.6. The zero-order valence-electron chi connectivity index (χ0n) is 9.30. The summed E-state index contributed by atoms with van der Waals surface area (Å²) < 4.78 is 13.4. The third kappa shape index (κ3) is 2.87. The van der Waals surface area contributed by atoms with Crippen LogP contribution in [-0.2, 0) is 5.75 Å². The molecule has 18 heavy (non-hydrogen) atoms. The molecule has 0 saturated carbocycles. The van der Waals surface area contributed by atoms with Crippen LogP contribution in [0.1, 0.15) is 15.9 Å². The Labute approximate surface area is 108 Å². The molecule has 0 atom stereocenters. The highest BCUT2D eigenvalue weighted by molar-refractivity contribution is 7.98. The predicted octanol–water partition coefficient (Wildman–Crippen LogP) is 1.88. The zero-order chi connectivity index (χ0) is 13.0. The number of halogens is 1. The molecule has 2 aromatic rings. The summed E-state index contributed by atoms with van der Waals surface area (Å²) in [5.74, 6) is -1.26.